The van der Waals surface area contributed by atoms with Crippen LogP contribution in [0.3, 0.4) is 0 Å². The van der Waals surface area contributed by atoms with Gasteiger partial charge >= 0.3 is 5.97 Å². The Hall–Kier alpha value is -2.51. The molecule has 2 N–H and O–H groups in total. The van der Waals surface area contributed by atoms with Crippen LogP contribution in [0.4, 0.5) is 0 Å². The lowest BCUT2D eigenvalue weighted by Gasteiger charge is -1.98. The van der Waals surface area contributed by atoms with Crippen LogP contribution in [0.2, 0.25) is 0 Å². The van der Waals surface area contributed by atoms with Gasteiger partial charge < -0.3 is 10.1 Å². The van der Waals surface area contributed by atoms with Gasteiger partial charge in [-0.25, -0.2) is 9.97 Å². The molecular formula is C10H10N6O2. The number of carboxylic acids is 1. The van der Waals surface area contributed by atoms with Crippen molar-refractivity contribution in [1.82, 2.24) is 29.5 Å². The number of hydrogen-bond donors (Lipinski definition) is 2. The summed E-state index contributed by atoms with van der Waals surface area (Å²) in [5.74, 6) is -0.104. The zero-order chi connectivity index (χ0) is 12.5. The van der Waals surface area contributed by atoms with E-state index in [4.69, 9.17) is 5.11 Å². The number of H-pyrrole nitrogens is 1. The molecule has 3 aromatic rings. The summed E-state index contributed by atoms with van der Waals surface area (Å²) in [5, 5.41) is 16.7. The molecule has 3 rings (SSSR count). The normalized spacial score (nSPS) is 11.3. The maximum atomic E-state index is 10.5. The predicted octanol–water partition coefficient (Wildman–Crippen LogP) is 0.408. The molecule has 3 heterocycles. The minimum atomic E-state index is -0.807. The van der Waals surface area contributed by atoms with Crippen LogP contribution < -0.4 is 0 Å². The molecule has 0 saturated heterocycles. The first-order chi connectivity index (χ1) is 8.75. The van der Waals surface area contributed by atoms with E-state index in [1.165, 1.54) is 0 Å². The van der Waals surface area contributed by atoms with Gasteiger partial charge in [0.2, 0.25) is 0 Å². The SMILES string of the molecule is O=C(O)CCCc1nnc2c3[nH]cnc3ncn12. The predicted molar refractivity (Wildman–Crippen MR) is 61.0 cm³/mol. The molecule has 0 aliphatic carbocycles. The highest BCUT2D eigenvalue weighted by molar-refractivity contribution is 5.84. The molecule has 0 aromatic carbocycles. The van der Waals surface area contributed by atoms with Crippen LogP contribution in [-0.4, -0.2) is 40.6 Å². The first-order valence-electron chi connectivity index (χ1n) is 5.49. The molecule has 8 nitrogen and oxygen atoms in total. The summed E-state index contributed by atoms with van der Waals surface area (Å²) in [6.45, 7) is 0. The van der Waals surface area contributed by atoms with Gasteiger partial charge in [-0.3, -0.25) is 9.20 Å². The van der Waals surface area contributed by atoms with Gasteiger partial charge in [0.1, 0.15) is 17.7 Å². The van der Waals surface area contributed by atoms with Gasteiger partial charge in [-0.2, -0.15) is 0 Å². The molecule has 0 bridgehead atoms. The van der Waals surface area contributed by atoms with Crippen molar-refractivity contribution in [2.24, 2.45) is 0 Å². The molecule has 0 atom stereocenters. The van der Waals surface area contributed by atoms with Gasteiger partial charge in [0.25, 0.3) is 0 Å². The van der Waals surface area contributed by atoms with Crippen molar-refractivity contribution < 1.29 is 9.90 Å². The quantitative estimate of drug-likeness (QED) is 0.690. The van der Waals surface area contributed by atoms with Gasteiger partial charge in [-0.15, -0.1) is 10.2 Å². The van der Waals surface area contributed by atoms with Crippen molar-refractivity contribution in [3.05, 3.63) is 18.5 Å². The van der Waals surface area contributed by atoms with E-state index in [2.05, 4.69) is 25.1 Å². The Morgan fingerprint density at radius 1 is 1.39 bits per heavy atom. The number of aromatic nitrogens is 6. The fourth-order valence-electron chi connectivity index (χ4n) is 1.85. The summed E-state index contributed by atoms with van der Waals surface area (Å²) in [6, 6.07) is 0. The Morgan fingerprint density at radius 3 is 3.11 bits per heavy atom. The maximum absolute atomic E-state index is 10.5. The lowest BCUT2D eigenvalue weighted by Crippen LogP contribution is -2.00. The molecule has 0 aliphatic rings. The van der Waals surface area contributed by atoms with Crippen molar-refractivity contribution in [2.45, 2.75) is 19.3 Å². The highest BCUT2D eigenvalue weighted by Gasteiger charge is 2.11. The van der Waals surface area contributed by atoms with Crippen molar-refractivity contribution in [1.29, 1.82) is 0 Å². The maximum Gasteiger partial charge on any atom is 0.303 e. The minimum Gasteiger partial charge on any atom is -0.481 e. The lowest BCUT2D eigenvalue weighted by atomic mass is 10.2. The van der Waals surface area contributed by atoms with Gasteiger partial charge in [0.15, 0.2) is 11.3 Å². The third kappa shape index (κ3) is 1.67. The molecular weight excluding hydrogens is 236 g/mol. The highest BCUT2D eigenvalue weighted by Crippen LogP contribution is 2.13. The second-order valence-corrected chi connectivity index (χ2v) is 3.90. The largest absolute Gasteiger partial charge is 0.481 e. The second-order valence-electron chi connectivity index (χ2n) is 3.90. The van der Waals surface area contributed by atoms with E-state index in [9.17, 15) is 4.79 Å². The van der Waals surface area contributed by atoms with E-state index < -0.39 is 5.97 Å². The first kappa shape index (κ1) is 10.6. The average Bonchev–Trinajstić information content (AvgIpc) is 2.93. The monoisotopic (exact) mass is 246 g/mol. The van der Waals surface area contributed by atoms with Crippen LogP contribution in [-0.2, 0) is 11.2 Å². The Balaban J connectivity index is 1.96. The standard InChI is InChI=1S/C10H10N6O2/c17-7(18)3-1-2-6-14-15-10-8-9(12-4-11-8)13-5-16(6)10/h4-5H,1-3H2,(H,11,12)(H,17,18). The minimum absolute atomic E-state index is 0.120. The third-order valence-corrected chi connectivity index (χ3v) is 2.70. The number of rotatable bonds is 4. The van der Waals surface area contributed by atoms with Crippen LogP contribution in [0.15, 0.2) is 12.7 Å². The smallest absolute Gasteiger partial charge is 0.303 e. The number of aromatic amines is 1. The van der Waals surface area contributed by atoms with Crippen LogP contribution in [0, 0.1) is 0 Å². The lowest BCUT2D eigenvalue weighted by molar-refractivity contribution is -0.137. The summed E-state index contributed by atoms with van der Waals surface area (Å²) in [4.78, 5) is 21.6. The Bertz CT molecular complexity index is 715. The molecule has 0 fully saturated rings. The fraction of sp³-hybridized carbons (Fsp3) is 0.300. The molecule has 8 heteroatoms. The Morgan fingerprint density at radius 2 is 2.28 bits per heavy atom. The van der Waals surface area contributed by atoms with E-state index in [1.807, 2.05) is 0 Å². The van der Waals surface area contributed by atoms with E-state index >= 15 is 0 Å². The first-order valence-corrected chi connectivity index (χ1v) is 5.49. The van der Waals surface area contributed by atoms with Crippen LogP contribution in [0.5, 0.6) is 0 Å². The van der Waals surface area contributed by atoms with Crippen LogP contribution in [0.1, 0.15) is 18.7 Å². The zero-order valence-electron chi connectivity index (χ0n) is 9.37. The Kier molecular flexibility index (Phi) is 2.40. The number of hydrogen-bond acceptors (Lipinski definition) is 5. The molecule has 0 amide bonds. The van der Waals surface area contributed by atoms with Crippen LogP contribution in [0.25, 0.3) is 16.8 Å². The number of nitrogens with one attached hydrogen (secondary N) is 1. The molecule has 92 valence electrons. The third-order valence-electron chi connectivity index (χ3n) is 2.70. The van der Waals surface area contributed by atoms with E-state index in [0.717, 1.165) is 5.52 Å². The molecule has 18 heavy (non-hydrogen) atoms. The number of aryl methyl sites for hydroxylation is 1. The van der Waals surface area contributed by atoms with Gasteiger partial charge in [-0.05, 0) is 6.42 Å². The zero-order valence-corrected chi connectivity index (χ0v) is 9.37. The summed E-state index contributed by atoms with van der Waals surface area (Å²) in [6.07, 6.45) is 4.35. The highest BCUT2D eigenvalue weighted by atomic mass is 16.4. The number of nitrogens with zero attached hydrogens (tertiary/aromatic N) is 5. The van der Waals surface area contributed by atoms with Crippen molar-refractivity contribution in [3.8, 4) is 0 Å². The number of fused-ring (bicyclic) bond motifs is 3. The molecule has 0 unspecified atom stereocenters. The van der Waals surface area contributed by atoms with Crippen molar-refractivity contribution in [2.75, 3.05) is 0 Å². The van der Waals surface area contributed by atoms with E-state index in [0.29, 0.717) is 30.0 Å². The number of aliphatic carboxylic acids is 1. The van der Waals surface area contributed by atoms with Crippen molar-refractivity contribution >= 4 is 22.8 Å². The fourth-order valence-corrected chi connectivity index (χ4v) is 1.85. The number of carbonyl (C=O) groups is 1. The molecule has 3 aromatic heterocycles. The summed E-state index contributed by atoms with van der Waals surface area (Å²) in [7, 11) is 0. The molecule has 0 spiro atoms. The van der Waals surface area contributed by atoms with Crippen LogP contribution >= 0.6 is 0 Å². The molecule has 0 radical (unpaired) electrons. The Labute approximate surface area is 101 Å². The summed E-state index contributed by atoms with van der Waals surface area (Å²) >= 11 is 0. The second kappa shape index (κ2) is 4.06. The molecule has 0 aliphatic heterocycles. The van der Waals surface area contributed by atoms with E-state index in [-0.39, 0.29) is 6.42 Å². The summed E-state index contributed by atoms with van der Waals surface area (Å²) < 4.78 is 1.75. The van der Waals surface area contributed by atoms with Gasteiger partial charge in [0.05, 0.1) is 6.33 Å². The molecule has 0 saturated carbocycles. The van der Waals surface area contributed by atoms with Gasteiger partial charge in [-0.1, -0.05) is 0 Å². The van der Waals surface area contributed by atoms with E-state index in [1.54, 1.807) is 17.1 Å². The summed E-state index contributed by atoms with van der Waals surface area (Å²) in [5.41, 5.74) is 1.98. The topological polar surface area (TPSA) is 109 Å². The number of imidazole rings is 1. The van der Waals surface area contributed by atoms with Gasteiger partial charge in [0, 0.05) is 12.8 Å². The van der Waals surface area contributed by atoms with Crippen molar-refractivity contribution in [3.63, 3.8) is 0 Å². The number of carboxylic acid groups (broad SMARTS) is 1. The average molecular weight is 246 g/mol.